The third kappa shape index (κ3) is 3.80. The second-order valence-corrected chi connectivity index (χ2v) is 9.72. The van der Waals surface area contributed by atoms with Crippen molar-refractivity contribution in [2.24, 2.45) is 5.92 Å². The van der Waals surface area contributed by atoms with E-state index in [1.807, 2.05) is 12.3 Å². The van der Waals surface area contributed by atoms with Crippen molar-refractivity contribution in [3.63, 3.8) is 0 Å². The maximum absolute atomic E-state index is 5.83. The number of thiocarbonyl (C=S) groups is 1. The molecular formula is C28H30N4S. The number of benzene rings is 2. The fourth-order valence-corrected chi connectivity index (χ4v) is 5.51. The molecule has 1 fully saturated rings. The lowest BCUT2D eigenvalue weighted by molar-refractivity contribution is 0.287. The number of nitrogens with one attached hydrogen (secondary N) is 1. The average molecular weight is 455 g/mol. The van der Waals surface area contributed by atoms with Gasteiger partial charge in [0.2, 0.25) is 0 Å². The molecule has 1 saturated heterocycles. The first kappa shape index (κ1) is 21.7. The molecule has 2 atom stereocenters. The van der Waals surface area contributed by atoms with Gasteiger partial charge in [-0.25, -0.2) is 0 Å². The van der Waals surface area contributed by atoms with E-state index in [1.165, 1.54) is 33.4 Å². The van der Waals surface area contributed by atoms with Gasteiger partial charge in [-0.2, -0.15) is 0 Å². The predicted molar refractivity (Wildman–Crippen MR) is 140 cm³/mol. The summed E-state index contributed by atoms with van der Waals surface area (Å²) in [6.07, 6.45) is 1.86. The Hall–Kier alpha value is -3.18. The molecule has 0 radical (unpaired) electrons. The largest absolute Gasteiger partial charge is 0.352 e. The summed E-state index contributed by atoms with van der Waals surface area (Å²) in [6, 6.07) is 23.7. The van der Waals surface area contributed by atoms with Gasteiger partial charge < -0.3 is 14.8 Å². The number of nitrogens with zero attached hydrogens (tertiary/aromatic N) is 3. The summed E-state index contributed by atoms with van der Waals surface area (Å²) < 4.78 is 2.39. The number of rotatable bonds is 5. The van der Waals surface area contributed by atoms with Gasteiger partial charge in [-0.05, 0) is 67.2 Å². The molecule has 5 heteroatoms. The molecular weight excluding hydrogens is 424 g/mol. The Kier molecular flexibility index (Phi) is 5.67. The highest BCUT2D eigenvalue weighted by molar-refractivity contribution is 7.80. The monoisotopic (exact) mass is 454 g/mol. The van der Waals surface area contributed by atoms with Crippen LogP contribution in [-0.4, -0.2) is 26.1 Å². The summed E-state index contributed by atoms with van der Waals surface area (Å²) in [5.41, 5.74) is 6.00. The first-order valence-corrected chi connectivity index (χ1v) is 12.0. The summed E-state index contributed by atoms with van der Waals surface area (Å²) in [4.78, 5) is 7.04. The van der Waals surface area contributed by atoms with Crippen molar-refractivity contribution < 1.29 is 0 Å². The van der Waals surface area contributed by atoms with E-state index in [0.29, 0.717) is 5.92 Å². The molecule has 1 aliphatic heterocycles. The second kappa shape index (κ2) is 8.64. The topological polar surface area (TPSA) is 33.1 Å². The molecule has 168 valence electrons. The predicted octanol–water partition coefficient (Wildman–Crippen LogP) is 6.27. The number of hydrogen-bond acceptors (Lipinski definition) is 2. The minimum atomic E-state index is 0.0129. The van der Waals surface area contributed by atoms with Gasteiger partial charge in [0.15, 0.2) is 5.11 Å². The normalized spacial score (nSPS) is 18.3. The van der Waals surface area contributed by atoms with Gasteiger partial charge in [0.1, 0.15) is 0 Å². The van der Waals surface area contributed by atoms with Gasteiger partial charge >= 0.3 is 0 Å². The quantitative estimate of drug-likeness (QED) is 0.360. The van der Waals surface area contributed by atoms with Crippen LogP contribution in [0, 0.1) is 19.8 Å². The number of hydrogen-bond donors (Lipinski definition) is 1. The van der Waals surface area contributed by atoms with Crippen LogP contribution in [0.1, 0.15) is 48.6 Å². The molecule has 1 aliphatic rings. The highest BCUT2D eigenvalue weighted by atomic mass is 32.1. The van der Waals surface area contributed by atoms with Gasteiger partial charge in [-0.3, -0.25) is 4.98 Å². The fourth-order valence-electron chi connectivity index (χ4n) is 5.20. The third-order valence-corrected chi connectivity index (χ3v) is 6.91. The van der Waals surface area contributed by atoms with Crippen molar-refractivity contribution in [1.29, 1.82) is 0 Å². The molecule has 0 bridgehead atoms. The van der Waals surface area contributed by atoms with Gasteiger partial charge in [-0.1, -0.05) is 56.3 Å². The lowest BCUT2D eigenvalue weighted by Gasteiger charge is -2.29. The van der Waals surface area contributed by atoms with Crippen molar-refractivity contribution in [3.8, 4) is 5.69 Å². The average Bonchev–Trinajstić information content (AvgIpc) is 3.28. The smallest absolute Gasteiger partial charge is 0.170 e. The van der Waals surface area contributed by atoms with Crippen LogP contribution in [0.25, 0.3) is 16.5 Å². The zero-order valence-corrected chi connectivity index (χ0v) is 20.4. The maximum atomic E-state index is 5.83. The Bertz CT molecular complexity index is 1300. The lowest BCUT2D eigenvalue weighted by atomic mass is 9.96. The van der Waals surface area contributed by atoms with Crippen molar-refractivity contribution in [2.75, 3.05) is 6.54 Å². The van der Waals surface area contributed by atoms with Crippen LogP contribution in [0.4, 0.5) is 0 Å². The molecule has 33 heavy (non-hydrogen) atoms. The highest BCUT2D eigenvalue weighted by Gasteiger charge is 2.41. The summed E-state index contributed by atoms with van der Waals surface area (Å²) in [5, 5.41) is 6.90. The van der Waals surface area contributed by atoms with Gasteiger partial charge in [-0.15, -0.1) is 0 Å². The van der Waals surface area contributed by atoms with Crippen LogP contribution >= 0.6 is 12.2 Å². The van der Waals surface area contributed by atoms with Gasteiger partial charge in [0.25, 0.3) is 0 Å². The van der Waals surface area contributed by atoms with E-state index >= 15 is 0 Å². The molecule has 0 amide bonds. The Morgan fingerprint density at radius 3 is 2.52 bits per heavy atom. The zero-order valence-electron chi connectivity index (χ0n) is 19.6. The molecule has 2 aromatic heterocycles. The summed E-state index contributed by atoms with van der Waals surface area (Å²) in [5.74, 6) is 0.497. The zero-order chi connectivity index (χ0) is 23.1. The van der Waals surface area contributed by atoms with E-state index in [1.54, 1.807) is 0 Å². The number of aryl methyl sites for hydroxylation is 1. The first-order chi connectivity index (χ1) is 16.0. The third-order valence-electron chi connectivity index (χ3n) is 6.56. The summed E-state index contributed by atoms with van der Waals surface area (Å²) >= 11 is 5.83. The van der Waals surface area contributed by atoms with Crippen LogP contribution < -0.4 is 5.32 Å². The maximum Gasteiger partial charge on any atom is 0.170 e. The van der Waals surface area contributed by atoms with E-state index < -0.39 is 0 Å². The minimum absolute atomic E-state index is 0.0129. The molecule has 0 spiro atoms. The minimum Gasteiger partial charge on any atom is -0.352 e. The van der Waals surface area contributed by atoms with Crippen molar-refractivity contribution >= 4 is 28.1 Å². The standard InChI is InChI=1S/C28H30N4S/c1-18(2)17-31-27(26(30-28(31)33)24-13-7-8-15-29-24)23-16-19(3)32(20(23)4)25-14-9-11-21-10-5-6-12-22(21)25/h5-16,18,26-27H,17H2,1-4H3,(H,30,33)/t26-,27+/m1/s1. The van der Waals surface area contributed by atoms with Crippen LogP contribution in [0.15, 0.2) is 72.9 Å². The van der Waals surface area contributed by atoms with Gasteiger partial charge in [0.05, 0.1) is 23.5 Å². The Balaban J connectivity index is 1.67. The van der Waals surface area contributed by atoms with Crippen molar-refractivity contribution in [3.05, 3.63) is 95.6 Å². The summed E-state index contributed by atoms with van der Waals surface area (Å²) in [7, 11) is 0. The van der Waals surface area contributed by atoms with Crippen LogP contribution in [0.2, 0.25) is 0 Å². The molecule has 2 aromatic carbocycles. The molecule has 5 rings (SSSR count). The van der Waals surface area contributed by atoms with E-state index in [2.05, 4.69) is 108 Å². The Morgan fingerprint density at radius 2 is 1.76 bits per heavy atom. The van der Waals surface area contributed by atoms with E-state index in [4.69, 9.17) is 12.2 Å². The van der Waals surface area contributed by atoms with Crippen molar-refractivity contribution in [1.82, 2.24) is 19.8 Å². The van der Waals surface area contributed by atoms with Crippen LogP contribution in [-0.2, 0) is 0 Å². The SMILES string of the molecule is Cc1cc([C@H]2[C@@H](c3ccccn3)NC(=S)N2CC(C)C)c(C)n1-c1cccc2ccccc12. The molecule has 0 saturated carbocycles. The second-order valence-electron chi connectivity index (χ2n) is 9.33. The Morgan fingerprint density at radius 1 is 1.00 bits per heavy atom. The number of pyridine rings is 1. The van der Waals surface area contributed by atoms with Crippen LogP contribution in [0.3, 0.4) is 0 Å². The first-order valence-electron chi connectivity index (χ1n) is 11.6. The molecule has 4 aromatic rings. The van der Waals surface area contributed by atoms with E-state index in [9.17, 15) is 0 Å². The van der Waals surface area contributed by atoms with Crippen molar-refractivity contribution in [2.45, 2.75) is 39.8 Å². The molecule has 3 heterocycles. The Labute approximate surface area is 201 Å². The fraction of sp³-hybridized carbons (Fsp3) is 0.286. The lowest BCUT2D eigenvalue weighted by Crippen LogP contribution is -2.33. The van der Waals surface area contributed by atoms with Crippen LogP contribution in [0.5, 0.6) is 0 Å². The molecule has 0 unspecified atom stereocenters. The van der Waals surface area contributed by atoms with E-state index in [0.717, 1.165) is 17.4 Å². The van der Waals surface area contributed by atoms with Gasteiger partial charge in [0, 0.05) is 29.5 Å². The molecule has 4 nitrogen and oxygen atoms in total. The molecule has 0 aliphatic carbocycles. The number of fused-ring (bicyclic) bond motifs is 1. The highest BCUT2D eigenvalue weighted by Crippen LogP contribution is 2.42. The number of aromatic nitrogens is 2. The molecule has 1 N–H and O–H groups in total. The summed E-state index contributed by atoms with van der Waals surface area (Å²) in [6.45, 7) is 9.81. The van der Waals surface area contributed by atoms with E-state index in [-0.39, 0.29) is 12.1 Å².